The molecule has 0 aliphatic heterocycles. The summed E-state index contributed by atoms with van der Waals surface area (Å²) in [4.78, 5) is 4.34. The van der Waals surface area contributed by atoms with Crippen molar-refractivity contribution < 1.29 is 0 Å². The van der Waals surface area contributed by atoms with Crippen LogP contribution in [0.5, 0.6) is 0 Å². The van der Waals surface area contributed by atoms with Gasteiger partial charge in [0.2, 0.25) is 0 Å². The van der Waals surface area contributed by atoms with E-state index in [1.807, 2.05) is 23.7 Å². The Morgan fingerprint density at radius 1 is 1.06 bits per heavy atom. The van der Waals surface area contributed by atoms with Gasteiger partial charge in [-0.1, -0.05) is 18.2 Å². The molecule has 0 fully saturated rings. The maximum absolute atomic E-state index is 4.34. The van der Waals surface area contributed by atoms with Crippen LogP contribution < -0.4 is 0 Å². The highest BCUT2D eigenvalue weighted by molar-refractivity contribution is 5.67. The monoisotopic (exact) mass is 238 g/mol. The molecule has 0 radical (unpaired) electrons. The normalized spacial score (nSPS) is 11.1. The highest BCUT2D eigenvalue weighted by Crippen LogP contribution is 2.24. The fraction of sp³-hybridized carbons (Fsp3) is 0.214. The molecule has 0 saturated carbocycles. The predicted octanol–water partition coefficient (Wildman–Crippen LogP) is 2.72. The van der Waals surface area contributed by atoms with Gasteiger partial charge in [-0.2, -0.15) is 0 Å². The van der Waals surface area contributed by atoms with Gasteiger partial charge in [-0.25, -0.2) is 4.98 Å². The van der Waals surface area contributed by atoms with Crippen LogP contribution in [-0.4, -0.2) is 19.6 Å². The Hall–Kier alpha value is -2.23. The Labute approximate surface area is 105 Å². The van der Waals surface area contributed by atoms with Crippen LogP contribution in [0.15, 0.2) is 30.6 Å². The smallest absolute Gasteiger partial charge is 0.254 e. The van der Waals surface area contributed by atoms with E-state index in [9.17, 15) is 0 Å². The summed E-state index contributed by atoms with van der Waals surface area (Å²) < 4.78 is 1.91. The summed E-state index contributed by atoms with van der Waals surface area (Å²) in [5.41, 5.74) is 4.86. The van der Waals surface area contributed by atoms with Crippen molar-refractivity contribution in [2.75, 3.05) is 0 Å². The van der Waals surface area contributed by atoms with E-state index in [1.165, 1.54) is 16.7 Å². The van der Waals surface area contributed by atoms with Gasteiger partial charge >= 0.3 is 0 Å². The van der Waals surface area contributed by atoms with Gasteiger partial charge in [0.1, 0.15) is 5.82 Å². The van der Waals surface area contributed by atoms with Crippen LogP contribution in [0.2, 0.25) is 0 Å². The Morgan fingerprint density at radius 3 is 2.72 bits per heavy atom. The Morgan fingerprint density at radius 2 is 1.89 bits per heavy atom. The lowest BCUT2D eigenvalue weighted by Crippen LogP contribution is -1.94. The zero-order valence-electron chi connectivity index (χ0n) is 10.7. The van der Waals surface area contributed by atoms with Crippen molar-refractivity contribution in [3.05, 3.63) is 47.5 Å². The summed E-state index contributed by atoms with van der Waals surface area (Å²) in [5.74, 6) is 1.49. The quantitative estimate of drug-likeness (QED) is 0.654. The minimum Gasteiger partial charge on any atom is -0.270 e. The number of aryl methyl sites for hydroxylation is 2. The first kappa shape index (κ1) is 10.9. The van der Waals surface area contributed by atoms with Gasteiger partial charge < -0.3 is 0 Å². The average Bonchev–Trinajstić information content (AvgIpc) is 2.74. The molecule has 3 rings (SSSR count). The lowest BCUT2D eigenvalue weighted by Gasteiger charge is -2.08. The molecule has 0 bridgehead atoms. The number of hydrogen-bond donors (Lipinski definition) is 0. The molecule has 0 unspecified atom stereocenters. The van der Waals surface area contributed by atoms with Crippen molar-refractivity contribution in [2.24, 2.45) is 0 Å². The standard InChI is InChI=1S/C14H14N4/c1-9-5-4-6-13(10(9)2)12-7-15-14-17-16-11(3)18(14)8-12/h4-8H,1-3H3. The van der Waals surface area contributed by atoms with E-state index in [-0.39, 0.29) is 0 Å². The maximum Gasteiger partial charge on any atom is 0.254 e. The van der Waals surface area contributed by atoms with Crippen LogP contribution in [-0.2, 0) is 0 Å². The summed E-state index contributed by atoms with van der Waals surface area (Å²) in [6, 6.07) is 6.31. The molecule has 0 aliphatic carbocycles. The second kappa shape index (κ2) is 3.91. The molecular formula is C14H14N4. The van der Waals surface area contributed by atoms with Crippen LogP contribution in [0.1, 0.15) is 17.0 Å². The van der Waals surface area contributed by atoms with Crippen LogP contribution in [0.4, 0.5) is 0 Å². The van der Waals surface area contributed by atoms with E-state index in [2.05, 4.69) is 47.2 Å². The van der Waals surface area contributed by atoms with Gasteiger partial charge in [0.15, 0.2) is 0 Å². The molecule has 4 nitrogen and oxygen atoms in total. The molecule has 2 heterocycles. The fourth-order valence-corrected chi connectivity index (χ4v) is 2.10. The fourth-order valence-electron chi connectivity index (χ4n) is 2.10. The average molecular weight is 238 g/mol. The molecule has 18 heavy (non-hydrogen) atoms. The minimum atomic E-state index is 0.640. The van der Waals surface area contributed by atoms with Gasteiger partial charge in [-0.15, -0.1) is 10.2 Å². The van der Waals surface area contributed by atoms with E-state index in [0.29, 0.717) is 5.78 Å². The lowest BCUT2D eigenvalue weighted by molar-refractivity contribution is 1.00. The van der Waals surface area contributed by atoms with E-state index < -0.39 is 0 Å². The van der Waals surface area contributed by atoms with Gasteiger partial charge in [-0.05, 0) is 37.5 Å². The number of benzene rings is 1. The summed E-state index contributed by atoms with van der Waals surface area (Å²) in [6.45, 7) is 6.18. The topological polar surface area (TPSA) is 43.1 Å². The number of hydrogen-bond acceptors (Lipinski definition) is 3. The number of rotatable bonds is 1. The van der Waals surface area contributed by atoms with Crippen molar-refractivity contribution in [1.29, 1.82) is 0 Å². The first-order chi connectivity index (χ1) is 8.66. The van der Waals surface area contributed by atoms with Gasteiger partial charge in [0, 0.05) is 18.0 Å². The van der Waals surface area contributed by atoms with E-state index in [4.69, 9.17) is 0 Å². The van der Waals surface area contributed by atoms with Crippen molar-refractivity contribution in [2.45, 2.75) is 20.8 Å². The SMILES string of the molecule is Cc1cccc(-c2cnc3nnc(C)n3c2)c1C. The van der Waals surface area contributed by atoms with Crippen molar-refractivity contribution in [3.8, 4) is 11.1 Å². The first-order valence-corrected chi connectivity index (χ1v) is 5.91. The summed E-state index contributed by atoms with van der Waals surface area (Å²) >= 11 is 0. The molecular weight excluding hydrogens is 224 g/mol. The molecule has 0 amide bonds. The lowest BCUT2D eigenvalue weighted by atomic mass is 9.99. The third-order valence-corrected chi connectivity index (χ3v) is 3.35. The van der Waals surface area contributed by atoms with Crippen LogP contribution in [0.25, 0.3) is 16.9 Å². The third kappa shape index (κ3) is 1.57. The molecule has 90 valence electrons. The summed E-state index contributed by atoms with van der Waals surface area (Å²) in [7, 11) is 0. The molecule has 0 N–H and O–H groups in total. The molecule has 0 aliphatic rings. The molecule has 0 spiro atoms. The molecule has 1 aromatic carbocycles. The van der Waals surface area contributed by atoms with Crippen molar-refractivity contribution in [3.63, 3.8) is 0 Å². The van der Waals surface area contributed by atoms with E-state index in [1.54, 1.807) is 0 Å². The summed E-state index contributed by atoms with van der Waals surface area (Å²) in [5, 5.41) is 8.02. The second-order valence-electron chi connectivity index (χ2n) is 4.51. The molecule has 4 heteroatoms. The highest BCUT2D eigenvalue weighted by atomic mass is 15.3. The Balaban J connectivity index is 2.25. The van der Waals surface area contributed by atoms with Crippen molar-refractivity contribution in [1.82, 2.24) is 19.6 Å². The Kier molecular flexibility index (Phi) is 2.37. The molecule has 0 atom stereocenters. The predicted molar refractivity (Wildman–Crippen MR) is 70.4 cm³/mol. The van der Waals surface area contributed by atoms with E-state index >= 15 is 0 Å². The first-order valence-electron chi connectivity index (χ1n) is 5.91. The van der Waals surface area contributed by atoms with Gasteiger partial charge in [0.05, 0.1) is 0 Å². The van der Waals surface area contributed by atoms with Crippen LogP contribution in [0, 0.1) is 20.8 Å². The number of fused-ring (bicyclic) bond motifs is 1. The van der Waals surface area contributed by atoms with Gasteiger partial charge in [0.25, 0.3) is 5.78 Å². The zero-order valence-corrected chi connectivity index (χ0v) is 10.7. The minimum absolute atomic E-state index is 0.640. The van der Waals surface area contributed by atoms with Crippen LogP contribution in [0.3, 0.4) is 0 Å². The summed E-state index contributed by atoms with van der Waals surface area (Å²) in [6.07, 6.45) is 3.89. The molecule has 2 aromatic heterocycles. The Bertz CT molecular complexity index is 728. The van der Waals surface area contributed by atoms with Gasteiger partial charge in [-0.3, -0.25) is 4.40 Å². The third-order valence-electron chi connectivity index (χ3n) is 3.35. The van der Waals surface area contributed by atoms with Crippen molar-refractivity contribution >= 4 is 5.78 Å². The largest absolute Gasteiger partial charge is 0.270 e. The number of nitrogens with zero attached hydrogens (tertiary/aromatic N) is 4. The molecule has 3 aromatic rings. The number of aromatic nitrogens is 4. The maximum atomic E-state index is 4.34. The highest BCUT2D eigenvalue weighted by Gasteiger charge is 2.07. The molecule has 0 saturated heterocycles. The van der Waals surface area contributed by atoms with E-state index in [0.717, 1.165) is 11.4 Å². The zero-order chi connectivity index (χ0) is 12.7. The second-order valence-corrected chi connectivity index (χ2v) is 4.51. The van der Waals surface area contributed by atoms with Crippen LogP contribution >= 0.6 is 0 Å².